The Labute approximate surface area is 157 Å². The molecule has 7 nitrogen and oxygen atoms in total. The van der Waals surface area contributed by atoms with E-state index >= 15 is 0 Å². The zero-order valence-corrected chi connectivity index (χ0v) is 14.4. The molecule has 142 valence electrons. The average molecular weight is 387 g/mol. The van der Waals surface area contributed by atoms with Gasteiger partial charge >= 0.3 is 17.8 Å². The van der Waals surface area contributed by atoms with E-state index in [9.17, 15) is 22.8 Å². The van der Waals surface area contributed by atoms with E-state index in [0.717, 1.165) is 24.0 Å². The summed E-state index contributed by atoms with van der Waals surface area (Å²) in [6.07, 6.45) is -1.99. The van der Waals surface area contributed by atoms with Crippen molar-refractivity contribution in [2.75, 3.05) is 4.90 Å². The predicted molar refractivity (Wildman–Crippen MR) is 90.9 cm³/mol. The topological polar surface area (TPSA) is 110 Å². The molecule has 1 heterocycles. The fraction of sp³-hybridized carbons (Fsp3) is 0.167. The molecule has 0 aliphatic heterocycles. The second-order valence-corrected chi connectivity index (χ2v) is 5.59. The maximum Gasteiger partial charge on any atom is 0.421 e. The minimum Gasteiger partial charge on any atom is -0.360 e. The van der Waals surface area contributed by atoms with Crippen LogP contribution in [0.25, 0.3) is 5.53 Å². The third-order valence-electron chi connectivity index (χ3n) is 3.71. The molecule has 0 atom stereocenters. The Kier molecular flexibility index (Phi) is 6.03. The number of ketones is 1. The maximum atomic E-state index is 13.3. The lowest BCUT2D eigenvalue weighted by Gasteiger charge is -2.22. The molecule has 1 aromatic heterocycles. The fourth-order valence-electron chi connectivity index (χ4n) is 2.37. The largest absolute Gasteiger partial charge is 0.421 e. The quantitative estimate of drug-likeness (QED) is 0.340. The molecule has 0 radical (unpaired) electrons. The molecule has 0 saturated heterocycles. The van der Waals surface area contributed by atoms with Crippen LogP contribution in [0.4, 0.5) is 18.9 Å². The molecule has 10 heteroatoms. The zero-order valence-electron chi connectivity index (χ0n) is 14.4. The number of amides is 1. The van der Waals surface area contributed by atoms with Gasteiger partial charge in [0.25, 0.3) is 0 Å². The van der Waals surface area contributed by atoms with E-state index in [2.05, 4.69) is 9.77 Å². The highest BCUT2D eigenvalue weighted by atomic mass is 19.4. The van der Waals surface area contributed by atoms with Crippen molar-refractivity contribution in [3.8, 4) is 6.07 Å². The molecule has 2 aromatic rings. The van der Waals surface area contributed by atoms with Crippen LogP contribution < -0.4 is 4.90 Å². The molecule has 0 saturated carbocycles. The molecule has 0 aliphatic rings. The minimum atomic E-state index is -4.83. The SMILES string of the molecule is CC(=O)C(=[N+]=[N-])C(=O)N(Cc1ccncc1)c1ccc(C#N)c(C(F)(F)F)c1. The molecule has 0 unspecified atom stereocenters. The smallest absolute Gasteiger partial charge is 0.360 e. The van der Waals surface area contributed by atoms with Crippen LogP contribution in [0.3, 0.4) is 0 Å². The lowest BCUT2D eigenvalue weighted by molar-refractivity contribution is -0.137. The number of pyridine rings is 1. The van der Waals surface area contributed by atoms with Crippen LogP contribution >= 0.6 is 0 Å². The van der Waals surface area contributed by atoms with Gasteiger partial charge in [0.15, 0.2) is 0 Å². The number of alkyl halides is 3. The summed E-state index contributed by atoms with van der Waals surface area (Å²) in [6.45, 7) is 0.758. The van der Waals surface area contributed by atoms with E-state index in [1.54, 1.807) is 0 Å². The molecule has 0 fully saturated rings. The second kappa shape index (κ2) is 8.24. The van der Waals surface area contributed by atoms with E-state index in [1.807, 2.05) is 0 Å². The molecular formula is C18H12F3N5O2. The van der Waals surface area contributed by atoms with Crippen molar-refractivity contribution in [1.29, 1.82) is 5.26 Å². The van der Waals surface area contributed by atoms with Gasteiger partial charge in [-0.25, -0.2) is 0 Å². The van der Waals surface area contributed by atoms with Crippen LogP contribution in [0, 0.1) is 11.3 Å². The standard InChI is InChI=1S/C18H12F3N5O2/c1-11(27)16(25-23)17(28)26(10-12-4-6-24-7-5-12)14-3-2-13(9-22)15(8-14)18(19,20)21/h2-8H,10H2,1H3. The van der Waals surface area contributed by atoms with Crippen LogP contribution in [-0.4, -0.2) is 27.2 Å². The molecular weight excluding hydrogens is 375 g/mol. The number of anilines is 1. The maximum absolute atomic E-state index is 13.3. The summed E-state index contributed by atoms with van der Waals surface area (Å²) >= 11 is 0. The van der Waals surface area contributed by atoms with Crippen LogP contribution in [0.2, 0.25) is 0 Å². The van der Waals surface area contributed by atoms with Crippen molar-refractivity contribution in [3.05, 3.63) is 64.9 Å². The highest BCUT2D eigenvalue weighted by molar-refractivity contribution is 6.65. The van der Waals surface area contributed by atoms with E-state index < -0.39 is 34.7 Å². The van der Waals surface area contributed by atoms with Gasteiger partial charge < -0.3 is 5.53 Å². The highest BCUT2D eigenvalue weighted by Gasteiger charge is 2.36. The second-order valence-electron chi connectivity index (χ2n) is 5.59. The van der Waals surface area contributed by atoms with Crippen molar-refractivity contribution in [2.45, 2.75) is 19.6 Å². The monoisotopic (exact) mass is 387 g/mol. The molecule has 2 rings (SSSR count). The molecule has 28 heavy (non-hydrogen) atoms. The molecule has 1 aromatic carbocycles. The average Bonchev–Trinajstić information content (AvgIpc) is 2.66. The predicted octanol–water partition coefficient (Wildman–Crippen LogP) is 2.77. The normalized spacial score (nSPS) is 10.5. The number of halogens is 3. The number of Topliss-reactive ketones (excluding diaryl/α,β-unsaturated/α-hetero) is 1. The summed E-state index contributed by atoms with van der Waals surface area (Å²) in [5.74, 6) is -1.96. The van der Waals surface area contributed by atoms with Crippen LogP contribution in [0.15, 0.2) is 42.7 Å². The third kappa shape index (κ3) is 4.47. The van der Waals surface area contributed by atoms with Crippen molar-refractivity contribution < 1.29 is 27.6 Å². The highest BCUT2D eigenvalue weighted by Crippen LogP contribution is 2.34. The summed E-state index contributed by atoms with van der Waals surface area (Å²) in [7, 11) is 0. The lowest BCUT2D eigenvalue weighted by Crippen LogP contribution is -2.39. The number of aromatic nitrogens is 1. The van der Waals surface area contributed by atoms with Crippen molar-refractivity contribution >= 4 is 23.1 Å². The third-order valence-corrected chi connectivity index (χ3v) is 3.71. The van der Waals surface area contributed by atoms with Crippen molar-refractivity contribution in [2.24, 2.45) is 0 Å². The Balaban J connectivity index is 2.62. The first kappa shape index (κ1) is 20.5. The van der Waals surface area contributed by atoms with Gasteiger partial charge in [-0.2, -0.15) is 23.2 Å². The summed E-state index contributed by atoms with van der Waals surface area (Å²) < 4.78 is 39.8. The van der Waals surface area contributed by atoms with Gasteiger partial charge in [-0.1, -0.05) is 0 Å². The van der Waals surface area contributed by atoms with E-state index in [4.69, 9.17) is 10.8 Å². The number of carbonyl (C=O) groups excluding carboxylic acids is 2. The first-order valence-electron chi connectivity index (χ1n) is 7.74. The first-order valence-corrected chi connectivity index (χ1v) is 7.74. The van der Waals surface area contributed by atoms with Gasteiger partial charge in [0.1, 0.15) is 0 Å². The van der Waals surface area contributed by atoms with Gasteiger partial charge in [0.05, 0.1) is 23.7 Å². The molecule has 0 aliphatic carbocycles. The Bertz CT molecular complexity index is 1010. The lowest BCUT2D eigenvalue weighted by atomic mass is 10.1. The number of nitrogens with zero attached hydrogens (tertiary/aromatic N) is 5. The number of nitriles is 1. The molecule has 1 amide bonds. The summed E-state index contributed by atoms with van der Waals surface area (Å²) in [4.78, 5) is 31.6. The van der Waals surface area contributed by atoms with Crippen molar-refractivity contribution in [1.82, 2.24) is 4.98 Å². The number of hydrogen-bond acceptors (Lipinski definition) is 4. The van der Waals surface area contributed by atoms with Gasteiger partial charge in [0, 0.05) is 25.0 Å². The summed E-state index contributed by atoms with van der Waals surface area (Å²) in [6, 6.07) is 7.20. The Morgan fingerprint density at radius 3 is 2.39 bits per heavy atom. The van der Waals surface area contributed by atoms with Gasteiger partial charge in [-0.05, 0) is 35.9 Å². The fourth-order valence-corrected chi connectivity index (χ4v) is 2.37. The zero-order chi connectivity index (χ0) is 20.9. The number of carbonyl (C=O) groups is 2. The van der Waals surface area contributed by atoms with Crippen LogP contribution in [0.1, 0.15) is 23.6 Å². The van der Waals surface area contributed by atoms with Crippen LogP contribution in [-0.2, 0) is 22.3 Å². The van der Waals surface area contributed by atoms with Gasteiger partial charge in [-0.3, -0.25) is 19.5 Å². The van der Waals surface area contributed by atoms with Crippen molar-refractivity contribution in [3.63, 3.8) is 0 Å². The van der Waals surface area contributed by atoms with Crippen LogP contribution in [0.5, 0.6) is 0 Å². The van der Waals surface area contributed by atoms with E-state index in [0.29, 0.717) is 11.6 Å². The van der Waals surface area contributed by atoms with E-state index in [1.165, 1.54) is 30.6 Å². The Hall–Kier alpha value is -3.83. The Morgan fingerprint density at radius 2 is 1.89 bits per heavy atom. The number of rotatable bonds is 5. The van der Waals surface area contributed by atoms with Gasteiger partial charge in [-0.15, -0.1) is 0 Å². The summed E-state index contributed by atoms with van der Waals surface area (Å²) in [5, 5.41) is 8.92. The van der Waals surface area contributed by atoms with E-state index in [-0.39, 0.29) is 12.2 Å². The minimum absolute atomic E-state index is 0.225. The number of hydrogen-bond donors (Lipinski definition) is 0. The Morgan fingerprint density at radius 1 is 1.25 bits per heavy atom. The molecule has 0 bridgehead atoms. The van der Waals surface area contributed by atoms with Gasteiger partial charge in [0.2, 0.25) is 5.78 Å². The summed E-state index contributed by atoms with van der Waals surface area (Å²) in [5.41, 5.74) is 6.57. The first-order chi connectivity index (χ1) is 13.2. The molecule has 0 spiro atoms. The number of benzene rings is 1. The molecule has 0 N–H and O–H groups in total.